The molecule has 70 valence electrons. The maximum absolute atomic E-state index is 12.9. The van der Waals surface area contributed by atoms with Crippen LogP contribution in [0.15, 0.2) is 11.1 Å². The number of halogens is 2. The average molecular weight is 186 g/mol. The molecule has 2 rings (SSSR count). The Morgan fingerprint density at radius 1 is 1.54 bits per heavy atom. The van der Waals surface area contributed by atoms with Crippen molar-refractivity contribution >= 4 is 0 Å². The highest BCUT2D eigenvalue weighted by Gasteiger charge is 2.35. The van der Waals surface area contributed by atoms with Gasteiger partial charge in [-0.05, 0) is 6.42 Å². The highest BCUT2D eigenvalue weighted by Crippen LogP contribution is 2.29. The van der Waals surface area contributed by atoms with Crippen molar-refractivity contribution in [1.82, 2.24) is 9.97 Å². The number of fused-ring (bicyclic) bond motifs is 1. The standard InChI is InChI=1S/C8H8F2N2O/c9-8(10)2-1-6-5(3-8)7(13)12-4-11-6/h4H,1-3H2,(H,11,12,13). The topological polar surface area (TPSA) is 45.8 Å². The van der Waals surface area contributed by atoms with Gasteiger partial charge in [0.25, 0.3) is 11.5 Å². The summed E-state index contributed by atoms with van der Waals surface area (Å²) in [6, 6.07) is 0. The molecule has 1 heterocycles. The van der Waals surface area contributed by atoms with Crippen molar-refractivity contribution in [3.63, 3.8) is 0 Å². The van der Waals surface area contributed by atoms with E-state index in [-0.39, 0.29) is 18.4 Å². The van der Waals surface area contributed by atoms with Crippen LogP contribution in [0.5, 0.6) is 0 Å². The Balaban J connectivity index is 2.50. The first-order chi connectivity index (χ1) is 6.08. The minimum atomic E-state index is -2.75. The van der Waals surface area contributed by atoms with Gasteiger partial charge < -0.3 is 4.98 Å². The fourth-order valence-electron chi connectivity index (χ4n) is 1.51. The molecule has 0 radical (unpaired) electrons. The second kappa shape index (κ2) is 2.61. The van der Waals surface area contributed by atoms with Crippen LogP contribution in [-0.2, 0) is 12.8 Å². The van der Waals surface area contributed by atoms with Gasteiger partial charge in [-0.3, -0.25) is 4.79 Å². The monoisotopic (exact) mass is 186 g/mol. The zero-order chi connectivity index (χ0) is 9.47. The average Bonchev–Trinajstić information content (AvgIpc) is 2.06. The lowest BCUT2D eigenvalue weighted by Crippen LogP contribution is -2.32. The van der Waals surface area contributed by atoms with Crippen molar-refractivity contribution in [2.45, 2.75) is 25.2 Å². The number of H-pyrrole nitrogens is 1. The van der Waals surface area contributed by atoms with E-state index in [4.69, 9.17) is 0 Å². The van der Waals surface area contributed by atoms with Crippen LogP contribution >= 0.6 is 0 Å². The van der Waals surface area contributed by atoms with E-state index in [2.05, 4.69) is 9.97 Å². The number of rotatable bonds is 0. The molecule has 0 fully saturated rings. The minimum Gasteiger partial charge on any atom is -0.313 e. The van der Waals surface area contributed by atoms with E-state index >= 15 is 0 Å². The molecular weight excluding hydrogens is 178 g/mol. The molecule has 0 atom stereocenters. The Morgan fingerprint density at radius 2 is 2.31 bits per heavy atom. The summed E-state index contributed by atoms with van der Waals surface area (Å²) in [6.45, 7) is 0. The third-order valence-corrected chi connectivity index (χ3v) is 2.20. The molecular formula is C8H8F2N2O. The normalized spacial score (nSPS) is 19.5. The van der Waals surface area contributed by atoms with E-state index in [1.54, 1.807) is 0 Å². The molecule has 1 aromatic rings. The summed E-state index contributed by atoms with van der Waals surface area (Å²) < 4.78 is 25.8. The van der Waals surface area contributed by atoms with Crippen molar-refractivity contribution in [2.24, 2.45) is 0 Å². The summed E-state index contributed by atoms with van der Waals surface area (Å²) in [4.78, 5) is 17.3. The first kappa shape index (κ1) is 8.34. The zero-order valence-electron chi connectivity index (χ0n) is 6.81. The summed E-state index contributed by atoms with van der Waals surface area (Å²) in [7, 11) is 0. The van der Waals surface area contributed by atoms with Gasteiger partial charge in [-0.1, -0.05) is 0 Å². The second-order valence-electron chi connectivity index (χ2n) is 3.19. The van der Waals surface area contributed by atoms with E-state index in [1.807, 2.05) is 0 Å². The van der Waals surface area contributed by atoms with Gasteiger partial charge in [0.15, 0.2) is 0 Å². The van der Waals surface area contributed by atoms with Crippen LogP contribution in [0.3, 0.4) is 0 Å². The van der Waals surface area contributed by atoms with Crippen molar-refractivity contribution in [2.75, 3.05) is 0 Å². The highest BCUT2D eigenvalue weighted by molar-refractivity contribution is 5.21. The molecule has 0 amide bonds. The SMILES string of the molecule is O=c1[nH]cnc2c1CC(F)(F)CC2. The fraction of sp³-hybridized carbons (Fsp3) is 0.500. The van der Waals surface area contributed by atoms with Gasteiger partial charge in [0, 0.05) is 18.4 Å². The number of aryl methyl sites for hydroxylation is 1. The third kappa shape index (κ3) is 1.46. The van der Waals surface area contributed by atoms with Crippen LogP contribution in [-0.4, -0.2) is 15.9 Å². The number of aromatic amines is 1. The molecule has 0 saturated heterocycles. The zero-order valence-corrected chi connectivity index (χ0v) is 6.81. The van der Waals surface area contributed by atoms with Crippen LogP contribution in [0.25, 0.3) is 0 Å². The van der Waals surface area contributed by atoms with Gasteiger partial charge in [0.05, 0.1) is 12.0 Å². The second-order valence-corrected chi connectivity index (χ2v) is 3.19. The van der Waals surface area contributed by atoms with E-state index in [0.717, 1.165) is 0 Å². The predicted molar refractivity (Wildman–Crippen MR) is 41.8 cm³/mol. The Bertz CT molecular complexity index is 386. The summed E-state index contributed by atoms with van der Waals surface area (Å²) in [5, 5.41) is 0. The largest absolute Gasteiger partial charge is 0.313 e. The number of nitrogens with zero attached hydrogens (tertiary/aromatic N) is 1. The molecule has 1 aliphatic carbocycles. The summed E-state index contributed by atoms with van der Waals surface area (Å²) >= 11 is 0. The van der Waals surface area contributed by atoms with Gasteiger partial charge in [-0.15, -0.1) is 0 Å². The van der Waals surface area contributed by atoms with Crippen molar-refractivity contribution in [1.29, 1.82) is 0 Å². The number of aromatic nitrogens is 2. The fourth-order valence-corrected chi connectivity index (χ4v) is 1.51. The molecule has 0 aromatic carbocycles. The first-order valence-electron chi connectivity index (χ1n) is 4.02. The van der Waals surface area contributed by atoms with E-state index in [0.29, 0.717) is 5.69 Å². The molecule has 0 aliphatic heterocycles. The van der Waals surface area contributed by atoms with Gasteiger partial charge >= 0.3 is 0 Å². The van der Waals surface area contributed by atoms with Crippen molar-refractivity contribution < 1.29 is 8.78 Å². The van der Waals surface area contributed by atoms with Crippen LogP contribution in [0.1, 0.15) is 17.7 Å². The number of hydrogen-bond donors (Lipinski definition) is 1. The smallest absolute Gasteiger partial charge is 0.254 e. The van der Waals surface area contributed by atoms with Gasteiger partial charge in [-0.2, -0.15) is 0 Å². The van der Waals surface area contributed by atoms with Gasteiger partial charge in [0.2, 0.25) is 0 Å². The van der Waals surface area contributed by atoms with Crippen molar-refractivity contribution in [3.05, 3.63) is 27.9 Å². The Kier molecular flexibility index (Phi) is 1.68. The summed E-state index contributed by atoms with van der Waals surface area (Å²) in [5.41, 5.74) is 0.206. The lowest BCUT2D eigenvalue weighted by Gasteiger charge is -2.21. The van der Waals surface area contributed by atoms with Crippen molar-refractivity contribution in [3.8, 4) is 0 Å². The molecule has 13 heavy (non-hydrogen) atoms. The number of alkyl halides is 2. The molecule has 0 spiro atoms. The van der Waals surface area contributed by atoms with E-state index < -0.39 is 17.9 Å². The molecule has 1 N–H and O–H groups in total. The Hall–Kier alpha value is -1.26. The molecule has 0 unspecified atom stereocenters. The molecule has 1 aliphatic rings. The minimum absolute atomic E-state index is 0.138. The molecule has 3 nitrogen and oxygen atoms in total. The highest BCUT2D eigenvalue weighted by atomic mass is 19.3. The van der Waals surface area contributed by atoms with E-state index in [1.165, 1.54) is 6.33 Å². The number of nitrogens with one attached hydrogen (secondary N) is 1. The van der Waals surface area contributed by atoms with Crippen LogP contribution in [0.4, 0.5) is 8.78 Å². The first-order valence-corrected chi connectivity index (χ1v) is 4.02. The van der Waals surface area contributed by atoms with Gasteiger partial charge in [-0.25, -0.2) is 13.8 Å². The Labute approximate surface area is 72.8 Å². The van der Waals surface area contributed by atoms with Crippen LogP contribution < -0.4 is 5.56 Å². The molecule has 1 aromatic heterocycles. The maximum atomic E-state index is 12.9. The third-order valence-electron chi connectivity index (χ3n) is 2.20. The Morgan fingerprint density at radius 3 is 3.08 bits per heavy atom. The lowest BCUT2D eigenvalue weighted by molar-refractivity contribution is -0.0132. The predicted octanol–water partition coefficient (Wildman–Crippen LogP) is 0.894. The molecule has 0 bridgehead atoms. The van der Waals surface area contributed by atoms with Crippen LogP contribution in [0.2, 0.25) is 0 Å². The summed E-state index contributed by atoms with van der Waals surface area (Å²) in [5.74, 6) is -2.75. The maximum Gasteiger partial charge on any atom is 0.254 e. The van der Waals surface area contributed by atoms with Crippen LogP contribution in [0, 0.1) is 0 Å². The van der Waals surface area contributed by atoms with E-state index in [9.17, 15) is 13.6 Å². The molecule has 5 heteroatoms. The number of hydrogen-bond acceptors (Lipinski definition) is 2. The quantitative estimate of drug-likeness (QED) is 0.654. The molecule has 0 saturated carbocycles. The summed E-state index contributed by atoms with van der Waals surface area (Å²) in [6.07, 6.45) is 0.749. The lowest BCUT2D eigenvalue weighted by atomic mass is 9.94. The van der Waals surface area contributed by atoms with Gasteiger partial charge in [0.1, 0.15) is 0 Å².